The first-order valence-electron chi connectivity index (χ1n) is 12.1. The summed E-state index contributed by atoms with van der Waals surface area (Å²) in [5.41, 5.74) is 1.32. The van der Waals surface area contributed by atoms with Crippen LogP contribution in [0.5, 0.6) is 0 Å². The number of morpholine rings is 1. The quantitative estimate of drug-likeness (QED) is 0.427. The lowest BCUT2D eigenvalue weighted by molar-refractivity contribution is -0.183. The zero-order valence-corrected chi connectivity index (χ0v) is 23.8. The fourth-order valence-electron chi connectivity index (χ4n) is 4.88. The number of hydrogen-bond acceptors (Lipinski definition) is 5. The van der Waals surface area contributed by atoms with Crippen molar-refractivity contribution in [2.45, 2.75) is 81.7 Å². The van der Waals surface area contributed by atoms with Crippen molar-refractivity contribution in [1.82, 2.24) is 4.90 Å². The molecule has 0 saturated carbocycles. The number of sulfone groups is 1. The number of amides is 1. The monoisotopic (exact) mass is 569 g/mol. The number of carboxylic acid groups (broad SMARTS) is 1. The van der Waals surface area contributed by atoms with Crippen LogP contribution in [-0.4, -0.2) is 52.4 Å². The molecular formula is C27H33Cl2NO6S. The fourth-order valence-corrected chi connectivity index (χ4v) is 7.06. The van der Waals surface area contributed by atoms with E-state index < -0.39 is 62.4 Å². The molecule has 0 unspecified atom stereocenters. The van der Waals surface area contributed by atoms with Crippen molar-refractivity contribution in [3.8, 4) is 0 Å². The van der Waals surface area contributed by atoms with E-state index in [2.05, 4.69) is 0 Å². The first-order valence-corrected chi connectivity index (χ1v) is 14.4. The summed E-state index contributed by atoms with van der Waals surface area (Å²) < 4.78 is 32.2. The van der Waals surface area contributed by atoms with Crippen LogP contribution in [0.15, 0.2) is 48.5 Å². The average molecular weight is 571 g/mol. The molecule has 202 valence electrons. The van der Waals surface area contributed by atoms with Crippen molar-refractivity contribution in [2.24, 2.45) is 0 Å². The molecule has 1 aliphatic heterocycles. The van der Waals surface area contributed by atoms with Gasteiger partial charge in [0.15, 0.2) is 9.84 Å². The van der Waals surface area contributed by atoms with E-state index in [9.17, 15) is 23.1 Å². The number of carbonyl (C=O) groups is 2. The van der Waals surface area contributed by atoms with Gasteiger partial charge in [-0.05, 0) is 69.5 Å². The molecule has 2 aromatic carbocycles. The lowest BCUT2D eigenvalue weighted by atomic mass is 9.89. The fraction of sp³-hybridized carbons (Fsp3) is 0.481. The molecule has 7 nitrogen and oxygen atoms in total. The molecule has 3 rings (SSSR count). The lowest BCUT2D eigenvalue weighted by Crippen LogP contribution is -2.59. The number of carbonyl (C=O) groups excluding carboxylic acids is 1. The van der Waals surface area contributed by atoms with Gasteiger partial charge in [0.05, 0.1) is 22.5 Å². The Labute approximate surface area is 228 Å². The molecular weight excluding hydrogens is 537 g/mol. The highest BCUT2D eigenvalue weighted by atomic mass is 35.5. The molecule has 0 spiro atoms. The number of rotatable bonds is 8. The standard InChI is InChI=1S/C27H33Cl2NO6S/c1-6-21(16(2)37(34,35)27(3,4)5)30-24(17-10-12-19(28)13-11-17)25(18-8-7-9-20(29)14-18)36-22(26(30)33)15-23(31)32/h7-14,16,21-22,24-25H,6,15H2,1-5H3,(H,31,32)/t16-,21+,22-,24+,25+/m0/s1. The molecule has 2 aromatic rings. The van der Waals surface area contributed by atoms with Crippen LogP contribution in [0.1, 0.15) is 70.7 Å². The third kappa shape index (κ3) is 6.14. The van der Waals surface area contributed by atoms with Gasteiger partial charge in [0, 0.05) is 16.1 Å². The summed E-state index contributed by atoms with van der Waals surface area (Å²) in [6.45, 7) is 8.32. The van der Waals surface area contributed by atoms with E-state index in [1.807, 2.05) is 6.92 Å². The molecule has 5 atom stereocenters. The Balaban J connectivity index is 2.26. The number of aliphatic carboxylic acids is 1. The van der Waals surface area contributed by atoms with E-state index in [1.54, 1.807) is 76.2 Å². The second-order valence-electron chi connectivity index (χ2n) is 10.3. The van der Waals surface area contributed by atoms with Crippen molar-refractivity contribution in [1.29, 1.82) is 0 Å². The van der Waals surface area contributed by atoms with Crippen LogP contribution >= 0.6 is 23.2 Å². The largest absolute Gasteiger partial charge is 0.481 e. The van der Waals surface area contributed by atoms with Gasteiger partial charge < -0.3 is 14.7 Å². The Morgan fingerprint density at radius 2 is 1.70 bits per heavy atom. The second kappa shape index (κ2) is 11.3. The van der Waals surface area contributed by atoms with Gasteiger partial charge in [-0.15, -0.1) is 0 Å². The molecule has 1 N–H and O–H groups in total. The number of halogens is 2. The number of benzene rings is 2. The van der Waals surface area contributed by atoms with E-state index in [0.717, 1.165) is 0 Å². The second-order valence-corrected chi connectivity index (χ2v) is 14.2. The van der Waals surface area contributed by atoms with E-state index in [4.69, 9.17) is 27.9 Å². The Morgan fingerprint density at radius 1 is 1.08 bits per heavy atom. The predicted octanol–water partition coefficient (Wildman–Crippen LogP) is 5.86. The van der Waals surface area contributed by atoms with Gasteiger partial charge in [-0.2, -0.15) is 0 Å². The van der Waals surface area contributed by atoms with Crippen LogP contribution in [0, 0.1) is 0 Å². The summed E-state index contributed by atoms with van der Waals surface area (Å²) >= 11 is 12.4. The van der Waals surface area contributed by atoms with Gasteiger partial charge in [-0.25, -0.2) is 8.42 Å². The van der Waals surface area contributed by atoms with Gasteiger partial charge in [-0.1, -0.05) is 54.4 Å². The van der Waals surface area contributed by atoms with Crippen LogP contribution < -0.4 is 0 Å². The summed E-state index contributed by atoms with van der Waals surface area (Å²) in [6, 6.07) is 12.4. The molecule has 1 amide bonds. The van der Waals surface area contributed by atoms with Crippen LogP contribution in [0.4, 0.5) is 0 Å². The van der Waals surface area contributed by atoms with Crippen molar-refractivity contribution >= 4 is 44.9 Å². The summed E-state index contributed by atoms with van der Waals surface area (Å²) in [4.78, 5) is 27.1. The molecule has 0 aromatic heterocycles. The predicted molar refractivity (Wildman–Crippen MR) is 145 cm³/mol. The summed E-state index contributed by atoms with van der Waals surface area (Å²) in [5, 5.41) is 9.56. The minimum Gasteiger partial charge on any atom is -0.481 e. The third-order valence-electron chi connectivity index (χ3n) is 6.84. The maximum absolute atomic E-state index is 13.9. The Bertz CT molecular complexity index is 1240. The van der Waals surface area contributed by atoms with Gasteiger partial charge >= 0.3 is 5.97 Å². The highest BCUT2D eigenvalue weighted by Gasteiger charge is 2.50. The summed E-state index contributed by atoms with van der Waals surface area (Å²) in [6.07, 6.45) is -2.34. The minimum atomic E-state index is -3.70. The highest BCUT2D eigenvalue weighted by Crippen LogP contribution is 2.45. The maximum Gasteiger partial charge on any atom is 0.306 e. The SMILES string of the molecule is CC[C@H]([C@H](C)S(=O)(=O)C(C)(C)C)N1C(=O)[C@H](CC(=O)O)O[C@H](c2cccc(Cl)c2)[C@H]1c1ccc(Cl)cc1. The zero-order valence-electron chi connectivity index (χ0n) is 21.5. The van der Waals surface area contributed by atoms with Crippen molar-refractivity contribution in [3.05, 3.63) is 69.7 Å². The lowest BCUT2D eigenvalue weighted by Gasteiger charge is -2.49. The first kappa shape index (κ1) is 29.4. The van der Waals surface area contributed by atoms with Gasteiger partial charge in [0.1, 0.15) is 12.2 Å². The van der Waals surface area contributed by atoms with Crippen LogP contribution in [-0.2, 0) is 24.2 Å². The minimum absolute atomic E-state index is 0.328. The summed E-state index contributed by atoms with van der Waals surface area (Å²) in [7, 11) is -3.70. The molecule has 1 fully saturated rings. The maximum atomic E-state index is 13.9. The Morgan fingerprint density at radius 3 is 2.22 bits per heavy atom. The smallest absolute Gasteiger partial charge is 0.306 e. The molecule has 37 heavy (non-hydrogen) atoms. The number of carboxylic acids is 1. The van der Waals surface area contributed by atoms with Crippen LogP contribution in [0.2, 0.25) is 10.0 Å². The Kier molecular flexibility index (Phi) is 9.00. The molecule has 0 bridgehead atoms. The molecule has 10 heteroatoms. The highest BCUT2D eigenvalue weighted by molar-refractivity contribution is 7.93. The molecule has 0 radical (unpaired) electrons. The van der Waals surface area contributed by atoms with Gasteiger partial charge in [-0.3, -0.25) is 9.59 Å². The van der Waals surface area contributed by atoms with E-state index in [1.165, 1.54) is 4.90 Å². The van der Waals surface area contributed by atoms with Crippen LogP contribution in [0.3, 0.4) is 0 Å². The van der Waals surface area contributed by atoms with Gasteiger partial charge in [0.2, 0.25) is 0 Å². The molecule has 1 aliphatic rings. The van der Waals surface area contributed by atoms with Crippen LogP contribution in [0.25, 0.3) is 0 Å². The normalized spacial score (nSPS) is 22.5. The van der Waals surface area contributed by atoms with Crippen molar-refractivity contribution in [3.63, 3.8) is 0 Å². The first-order chi connectivity index (χ1) is 17.2. The molecule has 1 heterocycles. The van der Waals surface area contributed by atoms with Crippen molar-refractivity contribution in [2.75, 3.05) is 0 Å². The zero-order chi connectivity index (χ0) is 27.7. The summed E-state index contributed by atoms with van der Waals surface area (Å²) in [5.74, 6) is -1.76. The topological polar surface area (TPSA) is 101 Å². The molecule has 1 saturated heterocycles. The van der Waals surface area contributed by atoms with E-state index in [0.29, 0.717) is 27.6 Å². The third-order valence-corrected chi connectivity index (χ3v) is 10.3. The van der Waals surface area contributed by atoms with E-state index in [-0.39, 0.29) is 0 Å². The molecule has 0 aliphatic carbocycles. The Hall–Kier alpha value is -2.13. The number of hydrogen-bond donors (Lipinski definition) is 1. The number of nitrogens with zero attached hydrogens (tertiary/aromatic N) is 1. The number of ether oxygens (including phenoxy) is 1. The van der Waals surface area contributed by atoms with Crippen molar-refractivity contribution < 1.29 is 27.9 Å². The average Bonchev–Trinajstić information content (AvgIpc) is 2.81. The van der Waals surface area contributed by atoms with Gasteiger partial charge in [0.25, 0.3) is 5.91 Å². The van der Waals surface area contributed by atoms with E-state index >= 15 is 0 Å².